The Hall–Kier alpha value is -1.02. The molecular weight excluding hydrogens is 246 g/mol. The van der Waals surface area contributed by atoms with Crippen molar-refractivity contribution in [3.05, 3.63) is 29.3 Å². The maximum Gasteiger partial charge on any atom is 0.120 e. The number of likely N-dealkylation sites (tertiary alicyclic amines) is 1. The van der Waals surface area contributed by atoms with E-state index >= 15 is 0 Å². The molecular formula is C18H29NO. The van der Waals surface area contributed by atoms with Crippen LogP contribution in [-0.2, 0) is 0 Å². The molecule has 2 heteroatoms. The zero-order chi connectivity index (χ0) is 14.5. The lowest BCUT2D eigenvalue weighted by atomic mass is 9.96. The summed E-state index contributed by atoms with van der Waals surface area (Å²) in [5, 5.41) is 10.1. The molecule has 1 aromatic rings. The van der Waals surface area contributed by atoms with Crippen LogP contribution in [0.1, 0.15) is 63.1 Å². The lowest BCUT2D eigenvalue weighted by molar-refractivity contribution is 0.212. The van der Waals surface area contributed by atoms with Crippen LogP contribution in [0.2, 0.25) is 0 Å². The minimum absolute atomic E-state index is 0.315. The summed E-state index contributed by atoms with van der Waals surface area (Å²) in [6.45, 7) is 8.94. The molecule has 20 heavy (non-hydrogen) atoms. The summed E-state index contributed by atoms with van der Waals surface area (Å²) in [5.41, 5.74) is 2.31. The van der Waals surface area contributed by atoms with Gasteiger partial charge >= 0.3 is 0 Å². The first-order chi connectivity index (χ1) is 9.61. The van der Waals surface area contributed by atoms with Gasteiger partial charge in [0.1, 0.15) is 5.75 Å². The van der Waals surface area contributed by atoms with Crippen molar-refractivity contribution in [1.29, 1.82) is 0 Å². The van der Waals surface area contributed by atoms with E-state index in [9.17, 15) is 5.11 Å². The van der Waals surface area contributed by atoms with E-state index < -0.39 is 0 Å². The SMILES string of the molecule is CCCC1CCCN(C(C)c2cc(C)ccc2O)CC1. The number of benzene rings is 1. The Labute approximate surface area is 123 Å². The summed E-state index contributed by atoms with van der Waals surface area (Å²) in [7, 11) is 0. The van der Waals surface area contributed by atoms with Crippen LogP contribution < -0.4 is 0 Å². The molecule has 2 nitrogen and oxygen atoms in total. The first-order valence-corrected chi connectivity index (χ1v) is 8.15. The number of phenols is 1. The quantitative estimate of drug-likeness (QED) is 0.863. The van der Waals surface area contributed by atoms with Gasteiger partial charge in [0.2, 0.25) is 0 Å². The monoisotopic (exact) mass is 275 g/mol. The first kappa shape index (κ1) is 15.4. The highest BCUT2D eigenvalue weighted by Crippen LogP contribution is 2.32. The molecule has 2 unspecified atom stereocenters. The molecule has 112 valence electrons. The second kappa shape index (κ2) is 7.12. The number of aryl methyl sites for hydroxylation is 1. The summed E-state index contributed by atoms with van der Waals surface area (Å²) < 4.78 is 0. The zero-order valence-corrected chi connectivity index (χ0v) is 13.2. The van der Waals surface area contributed by atoms with Crippen molar-refractivity contribution >= 4 is 0 Å². The standard InChI is InChI=1S/C18H29NO/c1-4-6-16-7-5-11-19(12-10-16)15(3)17-13-14(2)8-9-18(17)20/h8-9,13,15-16,20H,4-7,10-12H2,1-3H3. The van der Waals surface area contributed by atoms with Gasteiger partial charge in [0.15, 0.2) is 0 Å². The molecule has 0 spiro atoms. The van der Waals surface area contributed by atoms with Crippen molar-refractivity contribution < 1.29 is 5.11 Å². The van der Waals surface area contributed by atoms with E-state index in [0.29, 0.717) is 11.8 Å². The molecule has 1 aliphatic rings. The highest BCUT2D eigenvalue weighted by molar-refractivity contribution is 5.37. The molecule has 1 saturated heterocycles. The predicted octanol–water partition coefficient (Wildman–Crippen LogP) is 4.66. The van der Waals surface area contributed by atoms with E-state index in [2.05, 4.69) is 31.7 Å². The maximum atomic E-state index is 10.1. The molecule has 0 amide bonds. The van der Waals surface area contributed by atoms with Crippen molar-refractivity contribution in [1.82, 2.24) is 4.90 Å². The number of hydrogen-bond acceptors (Lipinski definition) is 2. The van der Waals surface area contributed by atoms with Gasteiger partial charge in [-0.15, -0.1) is 0 Å². The molecule has 0 radical (unpaired) electrons. The highest BCUT2D eigenvalue weighted by atomic mass is 16.3. The Morgan fingerprint density at radius 3 is 2.85 bits per heavy atom. The van der Waals surface area contributed by atoms with Crippen molar-refractivity contribution in [3.63, 3.8) is 0 Å². The highest BCUT2D eigenvalue weighted by Gasteiger charge is 2.22. The van der Waals surface area contributed by atoms with E-state index in [1.54, 1.807) is 0 Å². The minimum Gasteiger partial charge on any atom is -0.508 e. The Kier molecular flexibility index (Phi) is 5.47. The van der Waals surface area contributed by atoms with Gasteiger partial charge in [-0.3, -0.25) is 4.90 Å². The van der Waals surface area contributed by atoms with Gasteiger partial charge in [-0.25, -0.2) is 0 Å². The van der Waals surface area contributed by atoms with Crippen molar-refractivity contribution in [2.45, 2.75) is 58.9 Å². The van der Waals surface area contributed by atoms with Crippen LogP contribution in [0.15, 0.2) is 18.2 Å². The van der Waals surface area contributed by atoms with Crippen molar-refractivity contribution in [2.24, 2.45) is 5.92 Å². The van der Waals surface area contributed by atoms with Crippen LogP contribution in [0.25, 0.3) is 0 Å². The van der Waals surface area contributed by atoms with Crippen molar-refractivity contribution in [3.8, 4) is 5.75 Å². The topological polar surface area (TPSA) is 23.5 Å². The van der Waals surface area contributed by atoms with E-state index in [4.69, 9.17) is 0 Å². The van der Waals surface area contributed by atoms with E-state index in [-0.39, 0.29) is 0 Å². The van der Waals surface area contributed by atoms with Crippen LogP contribution in [0.5, 0.6) is 5.75 Å². The average molecular weight is 275 g/mol. The predicted molar refractivity (Wildman–Crippen MR) is 85.1 cm³/mol. The van der Waals surface area contributed by atoms with Gasteiger partial charge in [-0.1, -0.05) is 37.5 Å². The summed E-state index contributed by atoms with van der Waals surface area (Å²) in [6, 6.07) is 6.26. The zero-order valence-electron chi connectivity index (χ0n) is 13.2. The van der Waals surface area contributed by atoms with Gasteiger partial charge in [-0.2, -0.15) is 0 Å². The van der Waals surface area contributed by atoms with Gasteiger partial charge in [-0.05, 0) is 58.2 Å². The molecule has 0 aliphatic carbocycles. The molecule has 2 rings (SSSR count). The summed E-state index contributed by atoms with van der Waals surface area (Å²) in [6.07, 6.45) is 6.65. The lowest BCUT2D eigenvalue weighted by Crippen LogP contribution is -2.28. The number of hydrogen-bond donors (Lipinski definition) is 1. The molecule has 2 atom stereocenters. The fourth-order valence-corrected chi connectivity index (χ4v) is 3.48. The molecule has 1 fully saturated rings. The summed E-state index contributed by atoms with van der Waals surface area (Å²) in [5.74, 6) is 1.35. The summed E-state index contributed by atoms with van der Waals surface area (Å²) in [4.78, 5) is 2.55. The third kappa shape index (κ3) is 3.76. The van der Waals surface area contributed by atoms with Gasteiger partial charge in [0.05, 0.1) is 0 Å². The third-order valence-electron chi connectivity index (χ3n) is 4.76. The Bertz CT molecular complexity index is 429. The second-order valence-corrected chi connectivity index (χ2v) is 6.36. The fourth-order valence-electron chi connectivity index (χ4n) is 3.48. The molecule has 1 heterocycles. The molecule has 1 aromatic carbocycles. The fraction of sp³-hybridized carbons (Fsp3) is 0.667. The number of nitrogens with zero attached hydrogens (tertiary/aromatic N) is 1. The first-order valence-electron chi connectivity index (χ1n) is 8.15. The van der Waals surface area contributed by atoms with E-state index in [1.165, 1.54) is 44.2 Å². The van der Waals surface area contributed by atoms with E-state index in [1.807, 2.05) is 12.1 Å². The molecule has 0 aromatic heterocycles. The number of rotatable bonds is 4. The van der Waals surface area contributed by atoms with Crippen LogP contribution in [0.4, 0.5) is 0 Å². The van der Waals surface area contributed by atoms with Crippen molar-refractivity contribution in [2.75, 3.05) is 13.1 Å². The van der Waals surface area contributed by atoms with Crippen LogP contribution in [0, 0.1) is 12.8 Å². The minimum atomic E-state index is 0.315. The molecule has 0 saturated carbocycles. The number of phenolic OH excluding ortho intramolecular Hbond substituents is 1. The van der Waals surface area contributed by atoms with Crippen LogP contribution in [-0.4, -0.2) is 23.1 Å². The average Bonchev–Trinajstić information content (AvgIpc) is 2.67. The summed E-state index contributed by atoms with van der Waals surface area (Å²) >= 11 is 0. The third-order valence-corrected chi connectivity index (χ3v) is 4.76. The van der Waals surface area contributed by atoms with Gasteiger partial charge < -0.3 is 5.11 Å². The Morgan fingerprint density at radius 1 is 1.30 bits per heavy atom. The Morgan fingerprint density at radius 2 is 2.10 bits per heavy atom. The number of aromatic hydroxyl groups is 1. The second-order valence-electron chi connectivity index (χ2n) is 6.36. The van der Waals surface area contributed by atoms with Gasteiger partial charge in [0, 0.05) is 11.6 Å². The smallest absolute Gasteiger partial charge is 0.120 e. The normalized spacial score (nSPS) is 22.4. The molecule has 1 N–H and O–H groups in total. The molecule has 1 aliphatic heterocycles. The maximum absolute atomic E-state index is 10.1. The largest absolute Gasteiger partial charge is 0.508 e. The Balaban J connectivity index is 2.05. The molecule has 0 bridgehead atoms. The van der Waals surface area contributed by atoms with Crippen LogP contribution >= 0.6 is 0 Å². The van der Waals surface area contributed by atoms with Gasteiger partial charge in [0.25, 0.3) is 0 Å². The lowest BCUT2D eigenvalue weighted by Gasteiger charge is -2.28. The van der Waals surface area contributed by atoms with E-state index in [0.717, 1.165) is 18.0 Å². The van der Waals surface area contributed by atoms with Crippen LogP contribution in [0.3, 0.4) is 0 Å².